The summed E-state index contributed by atoms with van der Waals surface area (Å²) < 4.78 is 7.59. The molecule has 1 heterocycles. The summed E-state index contributed by atoms with van der Waals surface area (Å²) in [7, 11) is 0. The second-order valence-electron chi connectivity index (χ2n) is 7.37. The summed E-state index contributed by atoms with van der Waals surface area (Å²) in [6.07, 6.45) is 0. The standard InChI is InChI=1S/C21H24N2O3S/c1-21(2,3)18(19(24)25)23-17-12-8-7-11-16(17)22-20(23)27-14-13-26-15-9-5-4-6-10-15/h4-12,18H,13-14H2,1-3H3,(H,24,25). The predicted molar refractivity (Wildman–Crippen MR) is 109 cm³/mol. The minimum absolute atomic E-state index is 0.453. The normalized spacial score (nSPS) is 12.9. The molecule has 0 aliphatic rings. The van der Waals surface area contributed by atoms with Crippen molar-refractivity contribution in [3.63, 3.8) is 0 Å². The largest absolute Gasteiger partial charge is 0.493 e. The number of carbonyl (C=O) groups is 1. The lowest BCUT2D eigenvalue weighted by Crippen LogP contribution is -2.32. The molecule has 1 unspecified atom stereocenters. The first kappa shape index (κ1) is 19.3. The number of fused-ring (bicyclic) bond motifs is 1. The Morgan fingerprint density at radius 1 is 1.15 bits per heavy atom. The minimum Gasteiger partial charge on any atom is -0.493 e. The molecule has 3 rings (SSSR count). The maximum absolute atomic E-state index is 12.1. The van der Waals surface area contributed by atoms with Crippen LogP contribution in [0.25, 0.3) is 11.0 Å². The molecule has 142 valence electrons. The van der Waals surface area contributed by atoms with E-state index in [4.69, 9.17) is 4.74 Å². The van der Waals surface area contributed by atoms with Crippen LogP contribution in [0, 0.1) is 5.41 Å². The van der Waals surface area contributed by atoms with Crippen molar-refractivity contribution in [2.24, 2.45) is 5.41 Å². The Labute approximate surface area is 163 Å². The second kappa shape index (κ2) is 8.05. The molecule has 1 aromatic heterocycles. The lowest BCUT2D eigenvalue weighted by Gasteiger charge is -2.29. The number of hydrogen-bond donors (Lipinski definition) is 1. The maximum Gasteiger partial charge on any atom is 0.327 e. The number of aliphatic carboxylic acids is 1. The fourth-order valence-electron chi connectivity index (χ4n) is 3.05. The number of carboxylic acids is 1. The molecule has 0 saturated carbocycles. The third-order valence-electron chi connectivity index (χ3n) is 4.20. The average molecular weight is 385 g/mol. The average Bonchev–Trinajstić information content (AvgIpc) is 2.96. The number of aromatic nitrogens is 2. The van der Waals surface area contributed by atoms with Crippen molar-refractivity contribution in [2.45, 2.75) is 32.0 Å². The smallest absolute Gasteiger partial charge is 0.327 e. The molecule has 5 nitrogen and oxygen atoms in total. The van der Waals surface area contributed by atoms with Gasteiger partial charge in [-0.3, -0.25) is 0 Å². The van der Waals surface area contributed by atoms with Gasteiger partial charge in [0.05, 0.1) is 17.6 Å². The number of ether oxygens (including phenoxy) is 1. The molecule has 0 saturated heterocycles. The Morgan fingerprint density at radius 2 is 1.81 bits per heavy atom. The summed E-state index contributed by atoms with van der Waals surface area (Å²) in [5.74, 6) is 0.645. The van der Waals surface area contributed by atoms with Gasteiger partial charge in [0.15, 0.2) is 5.16 Å². The highest BCUT2D eigenvalue weighted by molar-refractivity contribution is 7.99. The minimum atomic E-state index is -0.854. The fourth-order valence-corrected chi connectivity index (χ4v) is 3.91. The van der Waals surface area contributed by atoms with Crippen molar-refractivity contribution < 1.29 is 14.6 Å². The van der Waals surface area contributed by atoms with Gasteiger partial charge in [-0.15, -0.1) is 0 Å². The van der Waals surface area contributed by atoms with Crippen molar-refractivity contribution in [2.75, 3.05) is 12.4 Å². The highest BCUT2D eigenvalue weighted by Gasteiger charge is 2.35. The van der Waals surface area contributed by atoms with E-state index in [0.29, 0.717) is 17.5 Å². The van der Waals surface area contributed by atoms with Crippen LogP contribution in [0.4, 0.5) is 0 Å². The number of imidazole rings is 1. The topological polar surface area (TPSA) is 64.3 Å². The van der Waals surface area contributed by atoms with Gasteiger partial charge in [-0.1, -0.05) is 62.9 Å². The molecule has 3 aromatic rings. The van der Waals surface area contributed by atoms with Gasteiger partial charge in [-0.05, 0) is 29.7 Å². The van der Waals surface area contributed by atoms with E-state index in [9.17, 15) is 9.90 Å². The summed E-state index contributed by atoms with van der Waals surface area (Å²) >= 11 is 1.52. The van der Waals surface area contributed by atoms with E-state index in [0.717, 1.165) is 16.8 Å². The molecule has 0 aliphatic heterocycles. The molecule has 0 spiro atoms. The van der Waals surface area contributed by atoms with Gasteiger partial charge in [0.1, 0.15) is 11.8 Å². The second-order valence-corrected chi connectivity index (χ2v) is 8.43. The van der Waals surface area contributed by atoms with Crippen LogP contribution in [0.2, 0.25) is 0 Å². The first-order valence-corrected chi connectivity index (χ1v) is 9.87. The molecular formula is C21H24N2O3S. The van der Waals surface area contributed by atoms with Crippen LogP contribution >= 0.6 is 11.8 Å². The van der Waals surface area contributed by atoms with E-state index >= 15 is 0 Å². The van der Waals surface area contributed by atoms with Crippen molar-refractivity contribution in [3.05, 3.63) is 54.6 Å². The predicted octanol–water partition coefficient (Wildman–Crippen LogP) is 4.88. The molecule has 0 fully saturated rings. The van der Waals surface area contributed by atoms with Crippen LogP contribution in [0.3, 0.4) is 0 Å². The summed E-state index contributed by atoms with van der Waals surface area (Å²) in [5.41, 5.74) is 1.19. The Balaban J connectivity index is 1.85. The Bertz CT molecular complexity index is 916. The number of rotatable bonds is 7. The van der Waals surface area contributed by atoms with Gasteiger partial charge in [-0.25, -0.2) is 9.78 Å². The zero-order valence-electron chi connectivity index (χ0n) is 15.8. The van der Waals surface area contributed by atoms with Gasteiger partial charge >= 0.3 is 5.97 Å². The van der Waals surface area contributed by atoms with Crippen molar-refractivity contribution >= 4 is 28.8 Å². The number of carboxylic acid groups (broad SMARTS) is 1. The third-order valence-corrected chi connectivity index (χ3v) is 5.12. The quantitative estimate of drug-likeness (QED) is 0.465. The number of benzene rings is 2. The zero-order valence-corrected chi connectivity index (χ0v) is 16.6. The first-order chi connectivity index (χ1) is 12.9. The van der Waals surface area contributed by atoms with Gasteiger partial charge in [-0.2, -0.15) is 0 Å². The fraction of sp³-hybridized carbons (Fsp3) is 0.333. The molecule has 0 radical (unpaired) electrons. The van der Waals surface area contributed by atoms with Gasteiger partial charge in [0.25, 0.3) is 0 Å². The molecule has 0 bridgehead atoms. The van der Waals surface area contributed by atoms with Crippen LogP contribution < -0.4 is 4.74 Å². The SMILES string of the molecule is CC(C)(C)C(C(=O)O)n1c(SCCOc2ccccc2)nc2ccccc21. The van der Waals surface area contributed by atoms with E-state index in [1.807, 2.05) is 79.9 Å². The molecule has 6 heteroatoms. The van der Waals surface area contributed by atoms with Crippen LogP contribution in [0.15, 0.2) is 59.8 Å². The van der Waals surface area contributed by atoms with Crippen LogP contribution in [-0.4, -0.2) is 33.0 Å². The van der Waals surface area contributed by atoms with E-state index in [2.05, 4.69) is 4.98 Å². The van der Waals surface area contributed by atoms with Gasteiger partial charge in [0.2, 0.25) is 0 Å². The zero-order chi connectivity index (χ0) is 19.4. The van der Waals surface area contributed by atoms with Gasteiger partial charge in [0, 0.05) is 5.75 Å². The van der Waals surface area contributed by atoms with Crippen LogP contribution in [0.5, 0.6) is 5.75 Å². The van der Waals surface area contributed by atoms with Crippen LogP contribution in [-0.2, 0) is 4.79 Å². The third kappa shape index (κ3) is 4.45. The lowest BCUT2D eigenvalue weighted by atomic mass is 9.86. The van der Waals surface area contributed by atoms with Crippen molar-refractivity contribution in [1.82, 2.24) is 9.55 Å². The number of para-hydroxylation sites is 3. The molecular weight excluding hydrogens is 360 g/mol. The molecule has 1 atom stereocenters. The van der Waals surface area contributed by atoms with E-state index in [-0.39, 0.29) is 0 Å². The monoisotopic (exact) mass is 384 g/mol. The summed E-state index contributed by atoms with van der Waals surface area (Å²) in [6.45, 7) is 6.33. The number of hydrogen-bond acceptors (Lipinski definition) is 4. The highest BCUT2D eigenvalue weighted by Crippen LogP contribution is 2.37. The summed E-state index contributed by atoms with van der Waals surface area (Å²) in [6, 6.07) is 16.6. The molecule has 0 aliphatic carbocycles. The molecule has 27 heavy (non-hydrogen) atoms. The van der Waals surface area contributed by atoms with E-state index < -0.39 is 17.4 Å². The lowest BCUT2D eigenvalue weighted by molar-refractivity contribution is -0.144. The van der Waals surface area contributed by atoms with Crippen molar-refractivity contribution in [1.29, 1.82) is 0 Å². The molecule has 0 amide bonds. The molecule has 2 aromatic carbocycles. The van der Waals surface area contributed by atoms with E-state index in [1.165, 1.54) is 11.8 Å². The Kier molecular flexibility index (Phi) is 5.75. The maximum atomic E-state index is 12.1. The summed E-state index contributed by atoms with van der Waals surface area (Å²) in [4.78, 5) is 16.8. The van der Waals surface area contributed by atoms with Crippen LogP contribution in [0.1, 0.15) is 26.8 Å². The van der Waals surface area contributed by atoms with E-state index in [1.54, 1.807) is 0 Å². The Hall–Kier alpha value is -2.47. The highest BCUT2D eigenvalue weighted by atomic mass is 32.2. The van der Waals surface area contributed by atoms with Crippen molar-refractivity contribution in [3.8, 4) is 5.75 Å². The number of nitrogens with zero attached hydrogens (tertiary/aromatic N) is 2. The van der Waals surface area contributed by atoms with Gasteiger partial charge < -0.3 is 14.4 Å². The molecule has 1 N–H and O–H groups in total. The number of thioether (sulfide) groups is 1. The Morgan fingerprint density at radius 3 is 2.48 bits per heavy atom. The summed E-state index contributed by atoms with van der Waals surface area (Å²) in [5, 5.41) is 10.6. The first-order valence-electron chi connectivity index (χ1n) is 8.88.